The van der Waals surface area contributed by atoms with Crippen LogP contribution in [0.2, 0.25) is 0 Å². The standard InChI is InChI=1S/C20H19N3O4/c1-13-10-18(23(25)26)19(27-2)11-17(13)22-20(24)12-21-16-9-5-7-14-6-3-4-8-15(14)16/h3-11,21H,12H2,1-2H3,(H,22,24). The summed E-state index contributed by atoms with van der Waals surface area (Å²) in [6, 6.07) is 16.6. The highest BCUT2D eigenvalue weighted by atomic mass is 16.6. The van der Waals surface area contributed by atoms with Gasteiger partial charge in [0.25, 0.3) is 0 Å². The van der Waals surface area contributed by atoms with Gasteiger partial charge in [-0.05, 0) is 23.9 Å². The van der Waals surface area contributed by atoms with E-state index in [2.05, 4.69) is 10.6 Å². The first kappa shape index (κ1) is 18.2. The third kappa shape index (κ3) is 3.98. The number of anilines is 2. The molecule has 0 aliphatic carbocycles. The number of nitrogens with zero attached hydrogens (tertiary/aromatic N) is 1. The first-order valence-corrected chi connectivity index (χ1v) is 8.34. The van der Waals surface area contributed by atoms with Crippen molar-refractivity contribution in [1.82, 2.24) is 0 Å². The Bertz CT molecular complexity index is 1010. The van der Waals surface area contributed by atoms with Crippen LogP contribution >= 0.6 is 0 Å². The van der Waals surface area contributed by atoms with Gasteiger partial charge in [-0.3, -0.25) is 14.9 Å². The predicted octanol–water partition coefficient (Wildman–Crippen LogP) is 4.12. The molecule has 7 nitrogen and oxygen atoms in total. The van der Waals surface area contributed by atoms with Gasteiger partial charge < -0.3 is 15.4 Å². The van der Waals surface area contributed by atoms with Gasteiger partial charge in [-0.2, -0.15) is 0 Å². The molecule has 1 amide bonds. The molecule has 2 N–H and O–H groups in total. The lowest BCUT2D eigenvalue weighted by molar-refractivity contribution is -0.385. The van der Waals surface area contributed by atoms with Crippen molar-refractivity contribution in [3.8, 4) is 5.75 Å². The summed E-state index contributed by atoms with van der Waals surface area (Å²) in [5.74, 6) is -0.162. The third-order valence-electron chi connectivity index (χ3n) is 4.23. The quantitative estimate of drug-likeness (QED) is 0.506. The molecule has 27 heavy (non-hydrogen) atoms. The monoisotopic (exact) mass is 365 g/mol. The number of nitrogens with one attached hydrogen (secondary N) is 2. The van der Waals surface area contributed by atoms with Crippen molar-refractivity contribution in [2.24, 2.45) is 0 Å². The normalized spacial score (nSPS) is 10.4. The van der Waals surface area contributed by atoms with Gasteiger partial charge in [0.2, 0.25) is 5.91 Å². The number of ether oxygens (including phenoxy) is 1. The first-order chi connectivity index (χ1) is 13.0. The van der Waals surface area contributed by atoms with Gasteiger partial charge >= 0.3 is 5.69 Å². The lowest BCUT2D eigenvalue weighted by Gasteiger charge is -2.12. The second-order valence-electron chi connectivity index (χ2n) is 6.02. The number of hydrogen-bond acceptors (Lipinski definition) is 5. The number of nitro groups is 1. The summed E-state index contributed by atoms with van der Waals surface area (Å²) in [4.78, 5) is 22.9. The first-order valence-electron chi connectivity index (χ1n) is 8.34. The van der Waals surface area contributed by atoms with E-state index in [1.807, 2.05) is 42.5 Å². The molecule has 0 atom stereocenters. The van der Waals surface area contributed by atoms with Gasteiger partial charge in [-0.1, -0.05) is 36.4 Å². The average Bonchev–Trinajstić information content (AvgIpc) is 2.67. The Labute approximate surface area is 156 Å². The van der Waals surface area contributed by atoms with Crippen molar-refractivity contribution in [3.63, 3.8) is 0 Å². The fraction of sp³-hybridized carbons (Fsp3) is 0.150. The van der Waals surface area contributed by atoms with E-state index in [0.29, 0.717) is 11.3 Å². The van der Waals surface area contributed by atoms with E-state index in [4.69, 9.17) is 4.74 Å². The van der Waals surface area contributed by atoms with Gasteiger partial charge in [-0.25, -0.2) is 0 Å². The molecule has 0 aromatic heterocycles. The zero-order chi connectivity index (χ0) is 19.4. The maximum Gasteiger partial charge on any atom is 0.311 e. The van der Waals surface area contributed by atoms with Crippen LogP contribution in [0.4, 0.5) is 17.1 Å². The molecule has 0 spiro atoms. The molecule has 0 saturated heterocycles. The summed E-state index contributed by atoms with van der Waals surface area (Å²) in [5, 5.41) is 19.1. The van der Waals surface area contributed by atoms with Crippen molar-refractivity contribution >= 4 is 33.7 Å². The molecule has 0 bridgehead atoms. The van der Waals surface area contributed by atoms with Gasteiger partial charge in [0, 0.05) is 28.9 Å². The molecule has 0 unspecified atom stereocenters. The Balaban J connectivity index is 1.73. The summed E-state index contributed by atoms with van der Waals surface area (Å²) < 4.78 is 5.05. The van der Waals surface area contributed by atoms with Crippen LogP contribution in [0, 0.1) is 17.0 Å². The molecule has 138 valence electrons. The smallest absolute Gasteiger partial charge is 0.311 e. The van der Waals surface area contributed by atoms with Gasteiger partial charge in [0.15, 0.2) is 5.75 Å². The van der Waals surface area contributed by atoms with Crippen molar-refractivity contribution in [3.05, 3.63) is 70.3 Å². The fourth-order valence-corrected chi connectivity index (χ4v) is 2.86. The van der Waals surface area contributed by atoms with Crippen LogP contribution in [0.15, 0.2) is 54.6 Å². The summed E-state index contributed by atoms with van der Waals surface area (Å²) in [6.45, 7) is 1.76. The van der Waals surface area contributed by atoms with E-state index < -0.39 is 4.92 Å². The zero-order valence-corrected chi connectivity index (χ0v) is 15.0. The van der Waals surface area contributed by atoms with Crippen LogP contribution in [-0.4, -0.2) is 24.5 Å². The lowest BCUT2D eigenvalue weighted by atomic mass is 10.1. The van der Waals surface area contributed by atoms with Crippen LogP contribution < -0.4 is 15.4 Å². The molecular formula is C20H19N3O4. The Morgan fingerprint density at radius 3 is 2.59 bits per heavy atom. The van der Waals surface area contributed by atoms with E-state index in [1.165, 1.54) is 19.2 Å². The molecule has 0 heterocycles. The molecule has 0 aliphatic heterocycles. The largest absolute Gasteiger partial charge is 0.490 e. The van der Waals surface area contributed by atoms with Crippen molar-refractivity contribution in [1.29, 1.82) is 0 Å². The highest BCUT2D eigenvalue weighted by Gasteiger charge is 2.18. The number of amides is 1. The van der Waals surface area contributed by atoms with Crippen LogP contribution in [-0.2, 0) is 4.79 Å². The molecule has 3 rings (SSSR count). The minimum absolute atomic E-state index is 0.0623. The second kappa shape index (κ2) is 7.74. The molecule has 0 fully saturated rings. The Hall–Kier alpha value is -3.61. The van der Waals surface area contributed by atoms with Crippen molar-refractivity contribution in [2.45, 2.75) is 6.92 Å². The zero-order valence-electron chi connectivity index (χ0n) is 15.0. The van der Waals surface area contributed by atoms with Crippen molar-refractivity contribution < 1.29 is 14.5 Å². The lowest BCUT2D eigenvalue weighted by Crippen LogP contribution is -2.22. The Morgan fingerprint density at radius 2 is 1.85 bits per heavy atom. The molecule has 0 saturated carbocycles. The van der Waals surface area contributed by atoms with E-state index in [-0.39, 0.29) is 23.9 Å². The number of carbonyl (C=O) groups excluding carboxylic acids is 1. The van der Waals surface area contributed by atoms with Gasteiger partial charge in [0.05, 0.1) is 18.6 Å². The van der Waals surface area contributed by atoms with Gasteiger partial charge in [-0.15, -0.1) is 0 Å². The maximum atomic E-state index is 12.3. The molecule has 7 heteroatoms. The Morgan fingerprint density at radius 1 is 1.11 bits per heavy atom. The maximum absolute atomic E-state index is 12.3. The molecule has 0 radical (unpaired) electrons. The highest BCUT2D eigenvalue weighted by Crippen LogP contribution is 2.32. The molecule has 3 aromatic carbocycles. The number of nitro benzene ring substituents is 1. The minimum atomic E-state index is -0.514. The SMILES string of the molecule is COc1cc(NC(=O)CNc2cccc3ccccc23)c(C)cc1[N+](=O)[O-]. The molecular weight excluding hydrogens is 346 g/mol. The van der Waals surface area contributed by atoms with E-state index in [1.54, 1.807) is 6.92 Å². The van der Waals surface area contributed by atoms with Crippen LogP contribution in [0.1, 0.15) is 5.56 Å². The van der Waals surface area contributed by atoms with Gasteiger partial charge in [0.1, 0.15) is 0 Å². The number of hydrogen-bond donors (Lipinski definition) is 2. The van der Waals surface area contributed by atoms with Crippen molar-refractivity contribution in [2.75, 3.05) is 24.3 Å². The summed E-state index contributed by atoms with van der Waals surface area (Å²) >= 11 is 0. The average molecular weight is 365 g/mol. The predicted molar refractivity (Wildman–Crippen MR) is 105 cm³/mol. The third-order valence-corrected chi connectivity index (χ3v) is 4.23. The molecule has 0 aliphatic rings. The number of rotatable bonds is 6. The topological polar surface area (TPSA) is 93.5 Å². The summed E-state index contributed by atoms with van der Waals surface area (Å²) in [5.41, 5.74) is 1.78. The van der Waals surface area contributed by atoms with Crippen LogP contribution in [0.5, 0.6) is 5.75 Å². The van der Waals surface area contributed by atoms with E-state index >= 15 is 0 Å². The number of fused-ring (bicyclic) bond motifs is 1. The summed E-state index contributed by atoms with van der Waals surface area (Å²) in [6.07, 6.45) is 0. The highest BCUT2D eigenvalue weighted by molar-refractivity contribution is 5.98. The molecule has 3 aromatic rings. The van der Waals surface area contributed by atoms with E-state index in [0.717, 1.165) is 16.5 Å². The summed E-state index contributed by atoms with van der Waals surface area (Å²) in [7, 11) is 1.35. The number of methoxy groups -OCH3 is 1. The fourth-order valence-electron chi connectivity index (χ4n) is 2.86. The number of aryl methyl sites for hydroxylation is 1. The van der Waals surface area contributed by atoms with Crippen LogP contribution in [0.25, 0.3) is 10.8 Å². The number of benzene rings is 3. The van der Waals surface area contributed by atoms with Crippen LogP contribution in [0.3, 0.4) is 0 Å². The second-order valence-corrected chi connectivity index (χ2v) is 6.02. The Kier molecular flexibility index (Phi) is 5.21. The minimum Gasteiger partial charge on any atom is -0.490 e. The number of carbonyl (C=O) groups is 1. The van der Waals surface area contributed by atoms with E-state index in [9.17, 15) is 14.9 Å².